The van der Waals surface area contributed by atoms with Crippen molar-refractivity contribution in [2.45, 2.75) is 36.9 Å². The normalized spacial score (nSPS) is 26.7. The monoisotopic (exact) mass is 316 g/mol. The maximum absolute atomic E-state index is 11.4. The molecule has 0 saturated heterocycles. The lowest BCUT2D eigenvalue weighted by atomic mass is 9.93. The van der Waals surface area contributed by atoms with Crippen molar-refractivity contribution in [3.05, 3.63) is 11.8 Å². The summed E-state index contributed by atoms with van der Waals surface area (Å²) in [6.07, 6.45) is -7.31. The summed E-state index contributed by atoms with van der Waals surface area (Å²) in [6, 6.07) is 0.276. The van der Waals surface area contributed by atoms with E-state index in [1.54, 1.807) is 6.07 Å². The molecule has 0 spiro atoms. The SMILES string of the molecule is COC(=O)C1=CC(O)C(NC(=O)O)C(C(O)C(O)CC#N)O1. The van der Waals surface area contributed by atoms with Crippen LogP contribution in [0.15, 0.2) is 11.8 Å². The van der Waals surface area contributed by atoms with Crippen LogP contribution in [0.1, 0.15) is 6.42 Å². The van der Waals surface area contributed by atoms with Crippen LogP contribution in [0, 0.1) is 11.3 Å². The fourth-order valence-electron chi connectivity index (χ4n) is 1.95. The number of amides is 1. The number of carboxylic acid groups (broad SMARTS) is 1. The molecule has 0 radical (unpaired) electrons. The first kappa shape index (κ1) is 17.7. The van der Waals surface area contributed by atoms with Crippen molar-refractivity contribution in [3.63, 3.8) is 0 Å². The van der Waals surface area contributed by atoms with Gasteiger partial charge in [-0.25, -0.2) is 9.59 Å². The Morgan fingerprint density at radius 2 is 2.18 bits per heavy atom. The Bertz CT molecular complexity index is 500. The maximum Gasteiger partial charge on any atom is 0.405 e. The van der Waals surface area contributed by atoms with Gasteiger partial charge in [-0.1, -0.05) is 0 Å². The number of carbonyl (C=O) groups is 2. The first-order valence-electron chi connectivity index (χ1n) is 6.19. The fraction of sp³-hybridized carbons (Fsp3) is 0.583. The van der Waals surface area contributed by atoms with Gasteiger partial charge in [0.1, 0.15) is 18.2 Å². The van der Waals surface area contributed by atoms with Gasteiger partial charge < -0.3 is 35.2 Å². The average molecular weight is 316 g/mol. The third kappa shape index (κ3) is 4.08. The molecule has 10 heteroatoms. The summed E-state index contributed by atoms with van der Waals surface area (Å²) in [5.41, 5.74) is 0. The second kappa shape index (κ2) is 7.60. The van der Waals surface area contributed by atoms with Crippen LogP contribution in [-0.4, -0.2) is 70.1 Å². The Morgan fingerprint density at radius 1 is 1.55 bits per heavy atom. The topological polar surface area (TPSA) is 169 Å². The third-order valence-electron chi connectivity index (χ3n) is 3.02. The Balaban J connectivity index is 3.06. The van der Waals surface area contributed by atoms with E-state index in [-0.39, 0.29) is 0 Å². The van der Waals surface area contributed by atoms with Crippen LogP contribution in [-0.2, 0) is 14.3 Å². The highest BCUT2D eigenvalue weighted by Gasteiger charge is 2.43. The molecule has 1 amide bonds. The first-order valence-corrected chi connectivity index (χ1v) is 6.19. The van der Waals surface area contributed by atoms with E-state index >= 15 is 0 Å². The molecule has 1 rings (SSSR count). The molecule has 0 aromatic carbocycles. The van der Waals surface area contributed by atoms with Gasteiger partial charge in [0.05, 0.1) is 25.7 Å². The maximum atomic E-state index is 11.4. The van der Waals surface area contributed by atoms with Crippen molar-refractivity contribution in [1.29, 1.82) is 5.26 Å². The van der Waals surface area contributed by atoms with Crippen molar-refractivity contribution in [2.75, 3.05) is 7.11 Å². The molecular weight excluding hydrogens is 300 g/mol. The van der Waals surface area contributed by atoms with Crippen molar-refractivity contribution < 1.29 is 39.5 Å². The number of hydrogen-bond donors (Lipinski definition) is 5. The predicted octanol–water partition coefficient (Wildman–Crippen LogP) is -1.93. The van der Waals surface area contributed by atoms with Crippen molar-refractivity contribution in [1.82, 2.24) is 5.32 Å². The molecule has 5 unspecified atom stereocenters. The zero-order valence-electron chi connectivity index (χ0n) is 11.5. The number of carbonyl (C=O) groups excluding carboxylic acids is 1. The highest BCUT2D eigenvalue weighted by atomic mass is 16.6. The summed E-state index contributed by atoms with van der Waals surface area (Å²) >= 11 is 0. The summed E-state index contributed by atoms with van der Waals surface area (Å²) < 4.78 is 9.55. The molecule has 22 heavy (non-hydrogen) atoms. The largest absolute Gasteiger partial charge is 0.478 e. The molecule has 1 aliphatic heterocycles. The fourth-order valence-corrected chi connectivity index (χ4v) is 1.95. The zero-order chi connectivity index (χ0) is 16.9. The number of aliphatic hydroxyl groups is 3. The molecule has 0 fully saturated rings. The van der Waals surface area contributed by atoms with E-state index in [2.05, 4.69) is 4.74 Å². The Morgan fingerprint density at radius 3 is 2.68 bits per heavy atom. The van der Waals surface area contributed by atoms with Gasteiger partial charge in [-0.05, 0) is 6.08 Å². The van der Waals surface area contributed by atoms with Gasteiger partial charge in [0.25, 0.3) is 0 Å². The van der Waals surface area contributed by atoms with Crippen LogP contribution in [0.5, 0.6) is 0 Å². The lowest BCUT2D eigenvalue weighted by Crippen LogP contribution is -2.59. The molecule has 10 nitrogen and oxygen atoms in total. The van der Waals surface area contributed by atoms with Gasteiger partial charge in [0, 0.05) is 0 Å². The Hall–Kier alpha value is -2.35. The standard InChI is InChI=1S/C12H16N2O8/c1-21-11(18)7-4-6(16)8(14-12(19)20)10(22-7)9(17)5(15)2-3-13/h4-6,8-10,14-17H,2H2,1H3,(H,19,20). The molecule has 5 atom stereocenters. The molecule has 0 bridgehead atoms. The highest BCUT2D eigenvalue weighted by Crippen LogP contribution is 2.24. The number of nitrogens with zero attached hydrogens (tertiary/aromatic N) is 1. The van der Waals surface area contributed by atoms with E-state index in [1.807, 2.05) is 5.32 Å². The smallest absolute Gasteiger partial charge is 0.405 e. The highest BCUT2D eigenvalue weighted by molar-refractivity contribution is 5.86. The molecular formula is C12H16N2O8. The minimum Gasteiger partial charge on any atom is -0.478 e. The Labute approximate surface area is 125 Å². The van der Waals surface area contributed by atoms with Crippen molar-refractivity contribution in [3.8, 4) is 6.07 Å². The summed E-state index contributed by atoms with van der Waals surface area (Å²) in [6.45, 7) is 0. The van der Waals surface area contributed by atoms with Gasteiger partial charge in [-0.2, -0.15) is 5.26 Å². The average Bonchev–Trinajstić information content (AvgIpc) is 2.47. The second-order valence-electron chi connectivity index (χ2n) is 4.49. The lowest BCUT2D eigenvalue weighted by molar-refractivity contribution is -0.149. The second-order valence-corrected chi connectivity index (χ2v) is 4.49. The minimum atomic E-state index is -1.72. The van der Waals surface area contributed by atoms with Crippen LogP contribution in [0.2, 0.25) is 0 Å². The van der Waals surface area contributed by atoms with Gasteiger partial charge in [0.2, 0.25) is 5.76 Å². The van der Waals surface area contributed by atoms with Gasteiger partial charge in [-0.15, -0.1) is 0 Å². The van der Waals surface area contributed by atoms with E-state index < -0.39 is 54.7 Å². The van der Waals surface area contributed by atoms with Gasteiger partial charge in [-0.3, -0.25) is 0 Å². The van der Waals surface area contributed by atoms with Crippen LogP contribution in [0.3, 0.4) is 0 Å². The predicted molar refractivity (Wildman–Crippen MR) is 68.2 cm³/mol. The first-order chi connectivity index (χ1) is 10.3. The van der Waals surface area contributed by atoms with Crippen molar-refractivity contribution in [2.24, 2.45) is 0 Å². The number of ether oxygens (including phenoxy) is 2. The molecule has 122 valence electrons. The Kier molecular flexibility index (Phi) is 6.11. The summed E-state index contributed by atoms with van der Waals surface area (Å²) in [5, 5.41) is 48.8. The molecule has 1 aliphatic rings. The number of nitrogens with one attached hydrogen (secondary N) is 1. The van der Waals surface area contributed by atoms with E-state index in [4.69, 9.17) is 15.1 Å². The zero-order valence-corrected chi connectivity index (χ0v) is 11.5. The lowest BCUT2D eigenvalue weighted by Gasteiger charge is -2.37. The molecule has 0 aromatic rings. The number of esters is 1. The number of nitriles is 1. The van der Waals surface area contributed by atoms with Crippen molar-refractivity contribution >= 4 is 12.1 Å². The van der Waals surface area contributed by atoms with Gasteiger partial charge in [0.15, 0.2) is 6.10 Å². The van der Waals surface area contributed by atoms with E-state index in [0.717, 1.165) is 13.2 Å². The number of aliphatic hydroxyl groups excluding tert-OH is 3. The van der Waals surface area contributed by atoms with E-state index in [1.165, 1.54) is 0 Å². The molecule has 0 aliphatic carbocycles. The molecule has 0 saturated carbocycles. The summed E-state index contributed by atoms with van der Waals surface area (Å²) in [5.74, 6) is -1.38. The van der Waals surface area contributed by atoms with Crippen LogP contribution in [0.25, 0.3) is 0 Å². The van der Waals surface area contributed by atoms with Gasteiger partial charge >= 0.3 is 12.1 Å². The quantitative estimate of drug-likeness (QED) is 0.362. The minimum absolute atomic E-state index is 0.438. The van der Waals surface area contributed by atoms with E-state index in [9.17, 15) is 24.9 Å². The van der Waals surface area contributed by atoms with Crippen LogP contribution >= 0.6 is 0 Å². The molecule has 1 heterocycles. The van der Waals surface area contributed by atoms with Crippen LogP contribution in [0.4, 0.5) is 4.79 Å². The van der Waals surface area contributed by atoms with E-state index in [0.29, 0.717) is 0 Å². The summed E-state index contributed by atoms with van der Waals surface area (Å²) in [4.78, 5) is 22.2. The number of hydrogen-bond acceptors (Lipinski definition) is 8. The van der Waals surface area contributed by atoms with Crippen LogP contribution < -0.4 is 5.32 Å². The number of methoxy groups -OCH3 is 1. The summed E-state index contributed by atoms with van der Waals surface area (Å²) in [7, 11) is 1.07. The third-order valence-corrected chi connectivity index (χ3v) is 3.02. The molecule has 5 N–H and O–H groups in total. The molecule has 0 aromatic heterocycles. The number of rotatable bonds is 5.